The molecule has 0 aliphatic heterocycles. The maximum absolute atomic E-state index is 13.2. The van der Waals surface area contributed by atoms with Crippen LogP contribution in [0.25, 0.3) is 0 Å². The molecule has 1 aromatic carbocycles. The largest absolute Gasteiger partial charge is 0.396 e. The molecule has 2 N–H and O–H groups in total. The fourth-order valence-electron chi connectivity index (χ4n) is 1.33. The van der Waals surface area contributed by atoms with Crippen LogP contribution in [0, 0.1) is 15.9 Å². The maximum atomic E-state index is 13.2. The van der Waals surface area contributed by atoms with Crippen molar-refractivity contribution in [3.05, 3.63) is 32.5 Å². The third-order valence-electron chi connectivity index (χ3n) is 2.20. The van der Waals surface area contributed by atoms with Crippen LogP contribution in [0.1, 0.15) is 13.3 Å². The minimum Gasteiger partial charge on any atom is -0.396 e. The minimum absolute atomic E-state index is 0.0235. The van der Waals surface area contributed by atoms with E-state index < -0.39 is 10.7 Å². The van der Waals surface area contributed by atoms with Gasteiger partial charge in [-0.1, -0.05) is 0 Å². The van der Waals surface area contributed by atoms with Crippen LogP contribution in [0.15, 0.2) is 16.6 Å². The van der Waals surface area contributed by atoms with Gasteiger partial charge in [0.25, 0.3) is 5.69 Å². The van der Waals surface area contributed by atoms with Gasteiger partial charge in [-0.15, -0.1) is 0 Å². The SMILES string of the molecule is CC(CCO)Nc1cc(Br)c(F)cc1[N+](=O)[O-]. The topological polar surface area (TPSA) is 75.4 Å². The first kappa shape index (κ1) is 13.9. The van der Waals surface area contributed by atoms with E-state index in [0.717, 1.165) is 6.07 Å². The number of aliphatic hydroxyl groups excluding tert-OH is 1. The Labute approximate surface area is 106 Å². The van der Waals surface area contributed by atoms with Crippen molar-refractivity contribution in [2.75, 3.05) is 11.9 Å². The molecule has 0 fully saturated rings. The molecule has 0 radical (unpaired) electrons. The standard InChI is InChI=1S/C10H12BrFN2O3/c1-6(2-3-15)13-9-4-7(11)8(12)5-10(9)14(16)17/h4-6,13,15H,2-3H2,1H3. The lowest BCUT2D eigenvalue weighted by atomic mass is 10.2. The number of halogens is 2. The molecular formula is C10H12BrFN2O3. The molecule has 0 aromatic heterocycles. The first-order valence-corrected chi connectivity index (χ1v) is 5.75. The zero-order valence-corrected chi connectivity index (χ0v) is 10.7. The van der Waals surface area contributed by atoms with Gasteiger partial charge in [0, 0.05) is 12.6 Å². The molecule has 5 nitrogen and oxygen atoms in total. The summed E-state index contributed by atoms with van der Waals surface area (Å²) in [5, 5.41) is 22.4. The zero-order chi connectivity index (χ0) is 13.0. The van der Waals surface area contributed by atoms with E-state index in [2.05, 4.69) is 21.2 Å². The van der Waals surface area contributed by atoms with E-state index >= 15 is 0 Å². The van der Waals surface area contributed by atoms with Crippen LogP contribution in [-0.4, -0.2) is 22.7 Å². The normalized spacial score (nSPS) is 12.2. The molecule has 0 spiro atoms. The summed E-state index contributed by atoms with van der Waals surface area (Å²) in [5.41, 5.74) is -0.0975. The number of hydrogen-bond acceptors (Lipinski definition) is 4. The molecule has 1 atom stereocenters. The average Bonchev–Trinajstić information content (AvgIpc) is 2.23. The Bertz CT molecular complexity index is 428. The van der Waals surface area contributed by atoms with Crippen LogP contribution in [0.4, 0.5) is 15.8 Å². The molecule has 0 aliphatic rings. The summed E-state index contributed by atoms with van der Waals surface area (Å²) in [6.45, 7) is 1.75. The number of nitrogens with zero attached hydrogens (tertiary/aromatic N) is 1. The molecule has 1 aromatic rings. The van der Waals surface area contributed by atoms with Crippen LogP contribution in [-0.2, 0) is 0 Å². The Morgan fingerprint density at radius 3 is 2.82 bits per heavy atom. The second-order valence-electron chi connectivity index (χ2n) is 3.60. The number of anilines is 1. The van der Waals surface area contributed by atoms with Crippen LogP contribution in [0.2, 0.25) is 0 Å². The van der Waals surface area contributed by atoms with Crippen LogP contribution < -0.4 is 5.32 Å². The third kappa shape index (κ3) is 3.64. The van der Waals surface area contributed by atoms with E-state index in [-0.39, 0.29) is 28.5 Å². The van der Waals surface area contributed by atoms with Crippen LogP contribution >= 0.6 is 15.9 Å². The Balaban J connectivity index is 3.04. The highest BCUT2D eigenvalue weighted by Crippen LogP contribution is 2.31. The molecule has 1 unspecified atom stereocenters. The number of benzene rings is 1. The number of aliphatic hydroxyl groups is 1. The predicted molar refractivity (Wildman–Crippen MR) is 65.5 cm³/mol. The first-order valence-electron chi connectivity index (χ1n) is 4.96. The Morgan fingerprint density at radius 1 is 1.65 bits per heavy atom. The summed E-state index contributed by atoms with van der Waals surface area (Å²) in [6, 6.07) is 2.04. The Hall–Kier alpha value is -1.21. The first-order chi connectivity index (χ1) is 7.95. The van der Waals surface area contributed by atoms with Gasteiger partial charge < -0.3 is 10.4 Å². The zero-order valence-electron chi connectivity index (χ0n) is 9.11. The van der Waals surface area contributed by atoms with Gasteiger partial charge in [-0.3, -0.25) is 10.1 Å². The molecule has 17 heavy (non-hydrogen) atoms. The molecule has 0 heterocycles. The van der Waals surface area contributed by atoms with Gasteiger partial charge in [-0.2, -0.15) is 0 Å². The monoisotopic (exact) mass is 306 g/mol. The second-order valence-corrected chi connectivity index (χ2v) is 4.45. The third-order valence-corrected chi connectivity index (χ3v) is 2.81. The van der Waals surface area contributed by atoms with Crippen LogP contribution in [0.5, 0.6) is 0 Å². The minimum atomic E-state index is -0.683. The van der Waals surface area contributed by atoms with E-state index in [1.807, 2.05) is 0 Å². The average molecular weight is 307 g/mol. The molecule has 0 amide bonds. The highest BCUT2D eigenvalue weighted by atomic mass is 79.9. The van der Waals surface area contributed by atoms with E-state index in [1.54, 1.807) is 6.92 Å². The van der Waals surface area contributed by atoms with Crippen molar-refractivity contribution in [1.29, 1.82) is 0 Å². The van der Waals surface area contributed by atoms with Crippen molar-refractivity contribution < 1.29 is 14.4 Å². The van der Waals surface area contributed by atoms with Gasteiger partial charge >= 0.3 is 0 Å². The molecule has 0 saturated heterocycles. The predicted octanol–water partition coefficient (Wildman–Crippen LogP) is 2.68. The molecule has 7 heteroatoms. The summed E-state index contributed by atoms with van der Waals surface area (Å²) in [6.07, 6.45) is 0.451. The van der Waals surface area contributed by atoms with Gasteiger partial charge in [-0.25, -0.2) is 4.39 Å². The van der Waals surface area contributed by atoms with Gasteiger partial charge in [-0.05, 0) is 35.3 Å². The number of nitro groups is 1. The van der Waals surface area contributed by atoms with Gasteiger partial charge in [0.1, 0.15) is 11.5 Å². The molecule has 1 rings (SSSR count). The summed E-state index contributed by atoms with van der Waals surface area (Å²) in [5.74, 6) is -0.683. The quantitative estimate of drug-likeness (QED) is 0.648. The summed E-state index contributed by atoms with van der Waals surface area (Å²) < 4.78 is 13.3. The number of hydrogen-bond donors (Lipinski definition) is 2. The van der Waals surface area contributed by atoms with E-state index in [0.29, 0.717) is 6.42 Å². The lowest BCUT2D eigenvalue weighted by Gasteiger charge is -2.14. The molecule has 0 aliphatic carbocycles. The lowest BCUT2D eigenvalue weighted by molar-refractivity contribution is -0.384. The van der Waals surface area contributed by atoms with E-state index in [1.165, 1.54) is 6.07 Å². The fourth-order valence-corrected chi connectivity index (χ4v) is 1.68. The van der Waals surface area contributed by atoms with Gasteiger partial charge in [0.15, 0.2) is 0 Å². The van der Waals surface area contributed by atoms with Crippen molar-refractivity contribution >= 4 is 27.3 Å². The van der Waals surface area contributed by atoms with Crippen molar-refractivity contribution in [1.82, 2.24) is 0 Å². The maximum Gasteiger partial charge on any atom is 0.295 e. The van der Waals surface area contributed by atoms with Crippen molar-refractivity contribution in [2.45, 2.75) is 19.4 Å². The van der Waals surface area contributed by atoms with Crippen molar-refractivity contribution in [3.63, 3.8) is 0 Å². The summed E-state index contributed by atoms with van der Waals surface area (Å²) in [7, 11) is 0. The molecule has 0 saturated carbocycles. The van der Waals surface area contributed by atoms with E-state index in [9.17, 15) is 14.5 Å². The fraction of sp³-hybridized carbons (Fsp3) is 0.400. The number of nitro benzene ring substituents is 1. The van der Waals surface area contributed by atoms with Crippen molar-refractivity contribution in [3.8, 4) is 0 Å². The lowest BCUT2D eigenvalue weighted by Crippen LogP contribution is -2.17. The summed E-state index contributed by atoms with van der Waals surface area (Å²) >= 11 is 2.97. The van der Waals surface area contributed by atoms with E-state index in [4.69, 9.17) is 5.11 Å². The van der Waals surface area contributed by atoms with Gasteiger partial charge in [0.2, 0.25) is 0 Å². The summed E-state index contributed by atoms with van der Waals surface area (Å²) in [4.78, 5) is 10.1. The molecule has 0 bridgehead atoms. The Kier molecular flexibility index (Phi) is 4.83. The second kappa shape index (κ2) is 5.92. The molecule has 94 valence electrons. The smallest absolute Gasteiger partial charge is 0.295 e. The molecular weight excluding hydrogens is 295 g/mol. The van der Waals surface area contributed by atoms with Gasteiger partial charge in [0.05, 0.1) is 15.5 Å². The number of rotatable bonds is 5. The number of nitrogens with one attached hydrogen (secondary N) is 1. The Morgan fingerprint density at radius 2 is 2.29 bits per heavy atom. The van der Waals surface area contributed by atoms with Crippen LogP contribution in [0.3, 0.4) is 0 Å². The highest BCUT2D eigenvalue weighted by Gasteiger charge is 2.18. The highest BCUT2D eigenvalue weighted by molar-refractivity contribution is 9.10. The van der Waals surface area contributed by atoms with Crippen molar-refractivity contribution in [2.24, 2.45) is 0 Å².